The lowest BCUT2D eigenvalue weighted by Crippen LogP contribution is -1.78. The molecule has 20 heavy (non-hydrogen) atoms. The Labute approximate surface area is 131 Å². The third-order valence-corrected chi connectivity index (χ3v) is 4.75. The first-order valence-electron chi connectivity index (χ1n) is 6.13. The zero-order chi connectivity index (χ0) is 14.1. The fraction of sp³-hybridized carbons (Fsp3) is 0.0625. The van der Waals surface area contributed by atoms with Gasteiger partial charge in [0.25, 0.3) is 0 Å². The van der Waals surface area contributed by atoms with Gasteiger partial charge >= 0.3 is 0 Å². The van der Waals surface area contributed by atoms with E-state index in [1.54, 1.807) is 11.3 Å². The summed E-state index contributed by atoms with van der Waals surface area (Å²) in [5, 5.41) is 2.48. The molecule has 3 aromatic rings. The number of thiazole rings is 1. The summed E-state index contributed by atoms with van der Waals surface area (Å²) in [5.74, 6) is 0. The Morgan fingerprint density at radius 1 is 0.800 bits per heavy atom. The van der Waals surface area contributed by atoms with E-state index in [0.717, 1.165) is 31.9 Å². The summed E-state index contributed by atoms with van der Waals surface area (Å²) in [6.07, 6.45) is 0. The molecule has 1 aromatic heterocycles. The lowest BCUT2D eigenvalue weighted by atomic mass is 10.2. The van der Waals surface area contributed by atoms with Gasteiger partial charge in [0.05, 0.1) is 10.6 Å². The smallest absolute Gasteiger partial charge is 0.124 e. The Hall–Kier alpha value is -1.35. The molecule has 0 fully saturated rings. The highest BCUT2D eigenvalue weighted by atomic mass is 35.5. The molecule has 0 radical (unpaired) electrons. The molecule has 0 aliphatic heterocycles. The molecule has 0 atom stereocenters. The molecule has 0 bridgehead atoms. The average Bonchev–Trinajstić information content (AvgIpc) is 2.82. The Bertz CT molecular complexity index is 730. The molecule has 4 heteroatoms. The summed E-state index contributed by atoms with van der Waals surface area (Å²) in [5.41, 5.74) is 3.26. The molecule has 0 N–H and O–H groups in total. The van der Waals surface area contributed by atoms with E-state index in [4.69, 9.17) is 23.2 Å². The van der Waals surface area contributed by atoms with Crippen LogP contribution >= 0.6 is 34.5 Å². The summed E-state index contributed by atoms with van der Waals surface area (Å²) in [6, 6.07) is 15.6. The molecule has 0 aliphatic carbocycles. The first-order chi connectivity index (χ1) is 9.63. The average molecular weight is 320 g/mol. The van der Waals surface area contributed by atoms with Crippen molar-refractivity contribution in [2.24, 2.45) is 0 Å². The summed E-state index contributed by atoms with van der Waals surface area (Å²) in [4.78, 5) is 5.82. The monoisotopic (exact) mass is 319 g/mol. The molecule has 0 saturated carbocycles. The van der Waals surface area contributed by atoms with Gasteiger partial charge in [0, 0.05) is 15.6 Å². The van der Waals surface area contributed by atoms with Gasteiger partial charge in [-0.3, -0.25) is 0 Å². The predicted octanol–water partition coefficient (Wildman–Crippen LogP) is 6.09. The van der Waals surface area contributed by atoms with Crippen molar-refractivity contribution in [2.75, 3.05) is 0 Å². The zero-order valence-electron chi connectivity index (χ0n) is 10.7. The Morgan fingerprint density at radius 3 is 1.85 bits per heavy atom. The molecular formula is C16H11Cl2NS. The Kier molecular flexibility index (Phi) is 3.79. The van der Waals surface area contributed by atoms with E-state index in [9.17, 15) is 0 Å². The van der Waals surface area contributed by atoms with Crippen LogP contribution in [0.4, 0.5) is 0 Å². The van der Waals surface area contributed by atoms with E-state index in [1.165, 1.54) is 4.88 Å². The normalized spacial score (nSPS) is 10.8. The first kappa shape index (κ1) is 13.6. The number of aryl methyl sites for hydroxylation is 1. The second kappa shape index (κ2) is 5.57. The van der Waals surface area contributed by atoms with Gasteiger partial charge in [0.2, 0.25) is 0 Å². The second-order valence-corrected chi connectivity index (χ2v) is 6.32. The third-order valence-electron chi connectivity index (χ3n) is 2.99. The third kappa shape index (κ3) is 2.73. The Balaban J connectivity index is 2.02. The lowest BCUT2D eigenvalue weighted by Gasteiger charge is -1.98. The van der Waals surface area contributed by atoms with Gasteiger partial charge in [-0.25, -0.2) is 4.98 Å². The zero-order valence-corrected chi connectivity index (χ0v) is 13.1. The molecule has 1 nitrogen and oxygen atoms in total. The summed E-state index contributed by atoms with van der Waals surface area (Å²) in [6.45, 7) is 2.03. The number of benzene rings is 2. The fourth-order valence-electron chi connectivity index (χ4n) is 1.98. The van der Waals surface area contributed by atoms with E-state index in [-0.39, 0.29) is 0 Å². The van der Waals surface area contributed by atoms with Crippen molar-refractivity contribution in [3.05, 3.63) is 64.3 Å². The van der Waals surface area contributed by atoms with E-state index in [0.29, 0.717) is 0 Å². The van der Waals surface area contributed by atoms with Crippen molar-refractivity contribution in [3.63, 3.8) is 0 Å². The molecule has 0 saturated heterocycles. The fourth-order valence-corrected chi connectivity index (χ4v) is 3.31. The van der Waals surface area contributed by atoms with Gasteiger partial charge in [-0.05, 0) is 36.8 Å². The van der Waals surface area contributed by atoms with Gasteiger partial charge < -0.3 is 0 Å². The first-order valence-corrected chi connectivity index (χ1v) is 7.70. The van der Waals surface area contributed by atoms with Crippen molar-refractivity contribution in [1.29, 1.82) is 0 Å². The number of rotatable bonds is 2. The number of hydrogen-bond donors (Lipinski definition) is 0. The molecule has 0 unspecified atom stereocenters. The minimum Gasteiger partial charge on any atom is -0.241 e. The lowest BCUT2D eigenvalue weighted by molar-refractivity contribution is 1.27. The van der Waals surface area contributed by atoms with Crippen molar-refractivity contribution in [2.45, 2.75) is 6.92 Å². The van der Waals surface area contributed by atoms with E-state index in [1.807, 2.05) is 55.5 Å². The van der Waals surface area contributed by atoms with Gasteiger partial charge in [-0.1, -0.05) is 47.5 Å². The Morgan fingerprint density at radius 2 is 1.30 bits per heavy atom. The standard InChI is InChI=1S/C16H11Cl2NS/c1-10-15(11-2-6-13(17)7-3-11)20-16(19-10)12-4-8-14(18)9-5-12/h2-9H,1H3. The van der Waals surface area contributed by atoms with Crippen LogP contribution in [-0.4, -0.2) is 4.98 Å². The maximum absolute atomic E-state index is 5.93. The largest absolute Gasteiger partial charge is 0.241 e. The van der Waals surface area contributed by atoms with Crippen molar-refractivity contribution >= 4 is 34.5 Å². The molecule has 100 valence electrons. The molecule has 3 rings (SSSR count). The highest BCUT2D eigenvalue weighted by Crippen LogP contribution is 2.35. The highest BCUT2D eigenvalue weighted by Gasteiger charge is 2.11. The predicted molar refractivity (Wildman–Crippen MR) is 87.7 cm³/mol. The molecule has 0 amide bonds. The molecule has 0 spiro atoms. The van der Waals surface area contributed by atoms with Crippen LogP contribution in [0.2, 0.25) is 10.0 Å². The number of nitrogens with zero attached hydrogens (tertiary/aromatic N) is 1. The second-order valence-electron chi connectivity index (χ2n) is 4.45. The maximum atomic E-state index is 5.93. The van der Waals surface area contributed by atoms with Gasteiger partial charge in [-0.2, -0.15) is 0 Å². The van der Waals surface area contributed by atoms with Crippen molar-refractivity contribution in [3.8, 4) is 21.0 Å². The molecule has 1 heterocycles. The number of aromatic nitrogens is 1. The van der Waals surface area contributed by atoms with E-state index in [2.05, 4.69) is 4.98 Å². The van der Waals surface area contributed by atoms with Crippen LogP contribution in [0.15, 0.2) is 48.5 Å². The van der Waals surface area contributed by atoms with Crippen LogP contribution < -0.4 is 0 Å². The van der Waals surface area contributed by atoms with E-state index < -0.39 is 0 Å². The quantitative estimate of drug-likeness (QED) is 0.556. The highest BCUT2D eigenvalue weighted by molar-refractivity contribution is 7.18. The van der Waals surface area contributed by atoms with Crippen LogP contribution in [0, 0.1) is 6.92 Å². The topological polar surface area (TPSA) is 12.9 Å². The van der Waals surface area contributed by atoms with Crippen LogP contribution in [0.1, 0.15) is 5.69 Å². The number of hydrogen-bond acceptors (Lipinski definition) is 2. The van der Waals surface area contributed by atoms with Crippen molar-refractivity contribution in [1.82, 2.24) is 4.98 Å². The van der Waals surface area contributed by atoms with E-state index >= 15 is 0 Å². The van der Waals surface area contributed by atoms with Gasteiger partial charge in [-0.15, -0.1) is 11.3 Å². The SMILES string of the molecule is Cc1nc(-c2ccc(Cl)cc2)sc1-c1ccc(Cl)cc1. The summed E-state index contributed by atoms with van der Waals surface area (Å²) < 4.78 is 0. The molecule has 0 aliphatic rings. The van der Waals surface area contributed by atoms with Crippen LogP contribution in [0.3, 0.4) is 0 Å². The molecule has 2 aromatic carbocycles. The minimum absolute atomic E-state index is 0.736. The van der Waals surface area contributed by atoms with Crippen LogP contribution in [0.5, 0.6) is 0 Å². The van der Waals surface area contributed by atoms with Gasteiger partial charge in [0.1, 0.15) is 5.01 Å². The van der Waals surface area contributed by atoms with Crippen LogP contribution in [0.25, 0.3) is 21.0 Å². The van der Waals surface area contributed by atoms with Crippen LogP contribution in [-0.2, 0) is 0 Å². The molecular weight excluding hydrogens is 309 g/mol. The van der Waals surface area contributed by atoms with Crippen molar-refractivity contribution < 1.29 is 0 Å². The number of halogens is 2. The maximum Gasteiger partial charge on any atom is 0.124 e. The summed E-state index contributed by atoms with van der Waals surface area (Å²) >= 11 is 13.5. The van der Waals surface area contributed by atoms with Gasteiger partial charge in [0.15, 0.2) is 0 Å². The summed E-state index contributed by atoms with van der Waals surface area (Å²) in [7, 11) is 0. The minimum atomic E-state index is 0.736.